The average molecular weight is 280 g/mol. The topological polar surface area (TPSA) is 91.7 Å². The number of nitrogens with two attached hydrogens (primary N) is 1. The van der Waals surface area contributed by atoms with Crippen LogP contribution in [0.2, 0.25) is 0 Å². The van der Waals surface area contributed by atoms with Crippen LogP contribution in [0.5, 0.6) is 0 Å². The first kappa shape index (κ1) is 13.8. The van der Waals surface area contributed by atoms with E-state index >= 15 is 0 Å². The maximum absolute atomic E-state index is 5.90. The molecule has 0 aromatic carbocycles. The van der Waals surface area contributed by atoms with Crippen LogP contribution in [0.1, 0.15) is 24.3 Å². The molecule has 0 aliphatic heterocycles. The van der Waals surface area contributed by atoms with Gasteiger partial charge in [-0.1, -0.05) is 6.92 Å². The number of hydrogen-bond acceptors (Lipinski definition) is 7. The summed E-state index contributed by atoms with van der Waals surface area (Å²) < 4.78 is 6.53. The van der Waals surface area contributed by atoms with E-state index in [2.05, 4.69) is 20.2 Å². The summed E-state index contributed by atoms with van der Waals surface area (Å²) in [4.78, 5) is 8.67. The van der Waals surface area contributed by atoms with Gasteiger partial charge in [0.25, 0.3) is 0 Å². The van der Waals surface area contributed by atoms with E-state index in [1.807, 2.05) is 19.9 Å². The van der Waals surface area contributed by atoms with Gasteiger partial charge in [0, 0.05) is 19.2 Å². The second-order valence-corrected chi connectivity index (χ2v) is 4.91. The zero-order valence-electron chi connectivity index (χ0n) is 11.1. The Hall–Kier alpha value is -1.67. The zero-order valence-corrected chi connectivity index (χ0v) is 11.9. The fraction of sp³-hybridized carbons (Fsp3) is 0.455. The molecule has 0 spiro atoms. The lowest BCUT2D eigenvalue weighted by Crippen LogP contribution is -2.13. The predicted octanol–water partition coefficient (Wildman–Crippen LogP) is 0.950. The molecule has 0 bridgehead atoms. The van der Waals surface area contributed by atoms with Crippen molar-refractivity contribution in [3.63, 3.8) is 0 Å². The lowest BCUT2D eigenvalue weighted by Gasteiger charge is -2.05. The smallest absolute Gasteiger partial charge is 0.216 e. The number of hydrogen-bond donors (Lipinski definition) is 1. The summed E-state index contributed by atoms with van der Waals surface area (Å²) in [6, 6.07) is 1.88. The molecule has 0 radical (unpaired) electrons. The van der Waals surface area contributed by atoms with Gasteiger partial charge in [-0.2, -0.15) is 0 Å². The van der Waals surface area contributed by atoms with E-state index in [4.69, 9.17) is 10.6 Å². The van der Waals surface area contributed by atoms with Gasteiger partial charge >= 0.3 is 0 Å². The third kappa shape index (κ3) is 3.21. The highest BCUT2D eigenvalue weighted by molar-refractivity contribution is 7.99. The van der Waals surface area contributed by atoms with E-state index in [0.29, 0.717) is 17.6 Å². The van der Waals surface area contributed by atoms with Crippen molar-refractivity contribution >= 4 is 11.8 Å². The molecular weight excluding hydrogens is 264 g/mol. The molecule has 0 amide bonds. The van der Waals surface area contributed by atoms with Gasteiger partial charge in [0.05, 0.1) is 0 Å². The van der Waals surface area contributed by atoms with Crippen LogP contribution in [0.4, 0.5) is 0 Å². The standard InChI is InChI=1S/C11H16N6OS/c1-4-9-15-16-11(17(9)12)19-10-5-7(2)13-8(14-10)6-18-3/h5H,4,6,12H2,1-3H3. The molecule has 0 aliphatic carbocycles. The Labute approximate surface area is 115 Å². The SMILES string of the molecule is CCc1nnc(Sc2cc(C)nc(COC)n2)n1N. The molecule has 0 atom stereocenters. The minimum Gasteiger partial charge on any atom is -0.377 e. The summed E-state index contributed by atoms with van der Waals surface area (Å²) in [5.74, 6) is 7.28. The van der Waals surface area contributed by atoms with E-state index in [-0.39, 0.29) is 0 Å². The van der Waals surface area contributed by atoms with Crippen LogP contribution in [-0.4, -0.2) is 32.0 Å². The van der Waals surface area contributed by atoms with Gasteiger partial charge in [0.1, 0.15) is 11.6 Å². The second kappa shape index (κ2) is 5.98. The molecule has 2 heterocycles. The Balaban J connectivity index is 2.24. The lowest BCUT2D eigenvalue weighted by molar-refractivity contribution is 0.177. The number of aryl methyl sites for hydroxylation is 2. The van der Waals surface area contributed by atoms with Gasteiger partial charge < -0.3 is 10.6 Å². The Bertz CT molecular complexity index is 570. The molecule has 102 valence electrons. The van der Waals surface area contributed by atoms with E-state index in [9.17, 15) is 0 Å². The van der Waals surface area contributed by atoms with Crippen LogP contribution >= 0.6 is 11.8 Å². The third-order valence-corrected chi connectivity index (χ3v) is 3.28. The van der Waals surface area contributed by atoms with Crippen LogP contribution < -0.4 is 5.84 Å². The minimum atomic E-state index is 0.380. The van der Waals surface area contributed by atoms with Crippen LogP contribution in [0.25, 0.3) is 0 Å². The van der Waals surface area contributed by atoms with Crippen LogP contribution in [0.15, 0.2) is 16.2 Å². The molecule has 2 N–H and O–H groups in total. The summed E-state index contributed by atoms with van der Waals surface area (Å²) >= 11 is 1.36. The molecule has 0 aliphatic rings. The van der Waals surface area contributed by atoms with Crippen molar-refractivity contribution in [2.75, 3.05) is 13.0 Å². The van der Waals surface area contributed by atoms with Crippen molar-refractivity contribution in [1.82, 2.24) is 24.8 Å². The number of nitrogens with zero attached hydrogens (tertiary/aromatic N) is 5. The van der Waals surface area contributed by atoms with Crippen molar-refractivity contribution in [2.24, 2.45) is 0 Å². The fourth-order valence-electron chi connectivity index (χ4n) is 1.56. The van der Waals surface area contributed by atoms with Crippen molar-refractivity contribution in [3.8, 4) is 0 Å². The van der Waals surface area contributed by atoms with E-state index in [1.165, 1.54) is 16.4 Å². The minimum absolute atomic E-state index is 0.380. The average Bonchev–Trinajstić information content (AvgIpc) is 2.70. The van der Waals surface area contributed by atoms with Gasteiger partial charge in [-0.3, -0.25) is 0 Å². The monoisotopic (exact) mass is 280 g/mol. The molecular formula is C11H16N6OS. The molecule has 8 heteroatoms. The molecule has 2 aromatic heterocycles. The van der Waals surface area contributed by atoms with Gasteiger partial charge in [0.2, 0.25) is 5.16 Å². The number of rotatable bonds is 5. The Morgan fingerprint density at radius 3 is 2.79 bits per heavy atom. The number of methoxy groups -OCH3 is 1. The second-order valence-electron chi connectivity index (χ2n) is 3.92. The highest BCUT2D eigenvalue weighted by atomic mass is 32.2. The Morgan fingerprint density at radius 2 is 2.16 bits per heavy atom. The van der Waals surface area contributed by atoms with Crippen molar-refractivity contribution in [2.45, 2.75) is 37.1 Å². The van der Waals surface area contributed by atoms with E-state index < -0.39 is 0 Å². The van der Waals surface area contributed by atoms with Crippen LogP contribution in [-0.2, 0) is 17.8 Å². The van der Waals surface area contributed by atoms with Gasteiger partial charge in [0.15, 0.2) is 11.6 Å². The van der Waals surface area contributed by atoms with Crippen LogP contribution in [0.3, 0.4) is 0 Å². The van der Waals surface area contributed by atoms with Gasteiger partial charge in [-0.25, -0.2) is 14.6 Å². The van der Waals surface area contributed by atoms with Crippen molar-refractivity contribution in [3.05, 3.63) is 23.4 Å². The Kier molecular flexibility index (Phi) is 4.33. The quantitative estimate of drug-likeness (QED) is 0.644. The molecule has 0 saturated heterocycles. The molecule has 7 nitrogen and oxygen atoms in total. The summed E-state index contributed by atoms with van der Waals surface area (Å²) in [6.07, 6.45) is 0.738. The van der Waals surface area contributed by atoms with Gasteiger partial charge in [-0.15, -0.1) is 10.2 Å². The largest absolute Gasteiger partial charge is 0.377 e. The molecule has 0 saturated carbocycles. The van der Waals surface area contributed by atoms with E-state index in [0.717, 1.165) is 23.0 Å². The number of nitrogen functional groups attached to an aromatic ring is 1. The Morgan fingerprint density at radius 1 is 1.37 bits per heavy atom. The third-order valence-electron chi connectivity index (χ3n) is 2.40. The normalized spacial score (nSPS) is 10.9. The van der Waals surface area contributed by atoms with Crippen molar-refractivity contribution in [1.29, 1.82) is 0 Å². The maximum atomic E-state index is 5.90. The highest BCUT2D eigenvalue weighted by Crippen LogP contribution is 2.24. The first-order chi connectivity index (χ1) is 9.13. The summed E-state index contributed by atoms with van der Waals surface area (Å²) in [6.45, 7) is 4.27. The zero-order chi connectivity index (χ0) is 13.8. The summed E-state index contributed by atoms with van der Waals surface area (Å²) in [5.41, 5.74) is 0.878. The molecule has 19 heavy (non-hydrogen) atoms. The lowest BCUT2D eigenvalue weighted by atomic mass is 10.4. The molecule has 0 fully saturated rings. The van der Waals surface area contributed by atoms with Crippen LogP contribution in [0, 0.1) is 6.92 Å². The summed E-state index contributed by atoms with van der Waals surface area (Å²) in [7, 11) is 1.61. The molecule has 0 unspecified atom stereocenters. The van der Waals surface area contributed by atoms with Crippen molar-refractivity contribution < 1.29 is 4.74 Å². The summed E-state index contributed by atoms with van der Waals surface area (Å²) in [5, 5.41) is 9.45. The predicted molar refractivity (Wildman–Crippen MR) is 71.2 cm³/mol. The van der Waals surface area contributed by atoms with E-state index in [1.54, 1.807) is 7.11 Å². The highest BCUT2D eigenvalue weighted by Gasteiger charge is 2.11. The molecule has 2 aromatic rings. The number of aromatic nitrogens is 5. The number of ether oxygens (including phenoxy) is 1. The molecule has 2 rings (SSSR count). The van der Waals surface area contributed by atoms with Gasteiger partial charge in [-0.05, 0) is 24.8 Å². The first-order valence-electron chi connectivity index (χ1n) is 5.84. The maximum Gasteiger partial charge on any atom is 0.216 e. The fourth-order valence-corrected chi connectivity index (χ4v) is 2.41. The first-order valence-corrected chi connectivity index (χ1v) is 6.66.